The van der Waals surface area contributed by atoms with E-state index < -0.39 is 17.4 Å². The maximum Gasteiger partial charge on any atom is 0.323 e. The maximum absolute atomic E-state index is 15.0. The summed E-state index contributed by atoms with van der Waals surface area (Å²) in [5.74, 6) is -0.476. The van der Waals surface area contributed by atoms with Gasteiger partial charge in [0.05, 0.1) is 24.9 Å². The van der Waals surface area contributed by atoms with E-state index in [0.717, 1.165) is 11.3 Å². The summed E-state index contributed by atoms with van der Waals surface area (Å²) in [6, 6.07) is 19.0. The topological polar surface area (TPSA) is 83.6 Å². The number of hydrogen-bond acceptors (Lipinski definition) is 5. The van der Waals surface area contributed by atoms with E-state index in [1.807, 2.05) is 24.3 Å². The summed E-state index contributed by atoms with van der Waals surface area (Å²) in [5, 5.41) is 5.88. The van der Waals surface area contributed by atoms with Gasteiger partial charge < -0.3 is 15.0 Å². The van der Waals surface area contributed by atoms with E-state index in [0.29, 0.717) is 29.2 Å². The number of rotatable bonds is 8. The Bertz CT molecular complexity index is 1510. The molecule has 3 aromatic carbocycles. The molecule has 0 fully saturated rings. The van der Waals surface area contributed by atoms with E-state index in [-0.39, 0.29) is 30.2 Å². The molecular weight excluding hydrogens is 490 g/mol. The Morgan fingerprint density at radius 2 is 1.76 bits per heavy atom. The molecule has 5 rings (SSSR count). The molecular formula is C29H24F2N4O3. The minimum absolute atomic E-state index is 0.0280. The fourth-order valence-electron chi connectivity index (χ4n) is 4.28. The quantitative estimate of drug-likeness (QED) is 0.278. The molecule has 1 aliphatic heterocycles. The molecule has 0 saturated carbocycles. The van der Waals surface area contributed by atoms with Crippen molar-refractivity contribution >= 4 is 29.0 Å². The van der Waals surface area contributed by atoms with Crippen LogP contribution in [0.1, 0.15) is 27.0 Å². The van der Waals surface area contributed by atoms with Crippen molar-refractivity contribution in [2.45, 2.75) is 19.5 Å². The average Bonchev–Trinajstić information content (AvgIpc) is 2.91. The predicted molar refractivity (Wildman–Crippen MR) is 140 cm³/mol. The molecule has 0 saturated heterocycles. The van der Waals surface area contributed by atoms with Crippen LogP contribution in [0.2, 0.25) is 0 Å². The molecule has 38 heavy (non-hydrogen) atoms. The van der Waals surface area contributed by atoms with Gasteiger partial charge in [-0.3, -0.25) is 10.1 Å². The lowest BCUT2D eigenvalue weighted by Gasteiger charge is -2.30. The molecule has 1 aliphatic rings. The lowest BCUT2D eigenvalue weighted by molar-refractivity contribution is 0.0989. The fraction of sp³-hybridized carbons (Fsp3) is 0.138. The molecule has 4 aromatic rings. The number of urea groups is 1. The normalized spacial score (nSPS) is 12.5. The SMILES string of the molecule is COc1ccc(CN2Cc3c(Nc4ccc(CC(=O)c5ccccc5F)cc4F)ccnc3NC2=O)cc1. The number of carbonyl (C=O) groups excluding carboxylic acids is 2. The summed E-state index contributed by atoms with van der Waals surface area (Å²) < 4.78 is 34.1. The molecule has 0 atom stereocenters. The van der Waals surface area contributed by atoms with E-state index in [4.69, 9.17) is 4.74 Å². The minimum Gasteiger partial charge on any atom is -0.497 e. The van der Waals surface area contributed by atoms with Crippen LogP contribution in [0.3, 0.4) is 0 Å². The van der Waals surface area contributed by atoms with E-state index in [1.54, 1.807) is 30.2 Å². The highest BCUT2D eigenvalue weighted by molar-refractivity contribution is 5.97. The van der Waals surface area contributed by atoms with E-state index in [1.165, 1.54) is 36.5 Å². The summed E-state index contributed by atoms with van der Waals surface area (Å²) in [4.78, 5) is 31.0. The monoisotopic (exact) mass is 514 g/mol. The van der Waals surface area contributed by atoms with Crippen LogP contribution in [0.4, 0.5) is 30.8 Å². The number of hydrogen-bond donors (Lipinski definition) is 2. The predicted octanol–water partition coefficient (Wildman–Crippen LogP) is 6.09. The van der Waals surface area contributed by atoms with Crippen LogP contribution in [0.15, 0.2) is 79.0 Å². The van der Waals surface area contributed by atoms with Gasteiger partial charge in [0, 0.05) is 30.4 Å². The molecule has 0 radical (unpaired) electrons. The number of nitrogens with zero attached hydrogens (tertiary/aromatic N) is 2. The second kappa shape index (κ2) is 10.7. The van der Waals surface area contributed by atoms with Crippen molar-refractivity contribution in [2.75, 3.05) is 17.7 Å². The molecule has 0 aliphatic carbocycles. The number of anilines is 3. The first-order valence-electron chi connectivity index (χ1n) is 11.9. The molecule has 0 spiro atoms. The van der Waals surface area contributed by atoms with Gasteiger partial charge in [0.1, 0.15) is 23.2 Å². The van der Waals surface area contributed by atoms with Crippen molar-refractivity contribution in [1.29, 1.82) is 0 Å². The first kappa shape index (κ1) is 24.9. The number of aromatic nitrogens is 1. The molecule has 2 N–H and O–H groups in total. The minimum atomic E-state index is -0.605. The summed E-state index contributed by atoms with van der Waals surface area (Å²) in [7, 11) is 1.59. The number of fused-ring (bicyclic) bond motifs is 1. The van der Waals surface area contributed by atoms with Crippen molar-refractivity contribution in [2.24, 2.45) is 0 Å². The van der Waals surface area contributed by atoms with Crippen molar-refractivity contribution in [3.05, 3.63) is 113 Å². The van der Waals surface area contributed by atoms with Crippen molar-refractivity contribution in [1.82, 2.24) is 9.88 Å². The molecule has 7 nitrogen and oxygen atoms in total. The second-order valence-corrected chi connectivity index (χ2v) is 8.84. The van der Waals surface area contributed by atoms with Crippen LogP contribution in [-0.2, 0) is 19.5 Å². The lowest BCUT2D eigenvalue weighted by atomic mass is 10.0. The molecule has 9 heteroatoms. The van der Waals surface area contributed by atoms with Crippen LogP contribution in [0, 0.1) is 11.6 Å². The van der Waals surface area contributed by atoms with Crippen LogP contribution in [-0.4, -0.2) is 28.8 Å². The number of amides is 2. The Hall–Kier alpha value is -4.79. The zero-order valence-corrected chi connectivity index (χ0v) is 20.5. The van der Waals surface area contributed by atoms with Gasteiger partial charge in [-0.15, -0.1) is 0 Å². The molecule has 192 valence electrons. The third-order valence-corrected chi connectivity index (χ3v) is 6.29. The third-order valence-electron chi connectivity index (χ3n) is 6.29. The fourth-order valence-corrected chi connectivity index (χ4v) is 4.28. The molecule has 0 bridgehead atoms. The highest BCUT2D eigenvalue weighted by Crippen LogP contribution is 2.32. The summed E-state index contributed by atoms with van der Waals surface area (Å²) in [5.41, 5.74) is 2.81. The number of Topliss-reactive ketones (excluding diaryl/α,β-unsaturated/α-hetero) is 1. The largest absolute Gasteiger partial charge is 0.497 e. The van der Waals surface area contributed by atoms with Gasteiger partial charge in [0.15, 0.2) is 5.78 Å². The van der Waals surface area contributed by atoms with Crippen molar-refractivity contribution < 1.29 is 23.1 Å². The molecule has 0 unspecified atom stereocenters. The number of carbonyl (C=O) groups is 2. The Morgan fingerprint density at radius 3 is 2.50 bits per heavy atom. The van der Waals surface area contributed by atoms with Gasteiger partial charge in [-0.2, -0.15) is 0 Å². The number of benzene rings is 3. The van der Waals surface area contributed by atoms with Gasteiger partial charge in [0.25, 0.3) is 0 Å². The molecule has 2 heterocycles. The summed E-state index contributed by atoms with van der Waals surface area (Å²) in [6.45, 7) is 0.628. The smallest absolute Gasteiger partial charge is 0.323 e. The van der Waals surface area contributed by atoms with Gasteiger partial charge in [-0.25, -0.2) is 18.6 Å². The van der Waals surface area contributed by atoms with E-state index >= 15 is 4.39 Å². The highest BCUT2D eigenvalue weighted by atomic mass is 19.1. The summed E-state index contributed by atoms with van der Waals surface area (Å²) in [6.07, 6.45) is 1.40. The van der Waals surface area contributed by atoms with E-state index in [2.05, 4.69) is 15.6 Å². The average molecular weight is 515 g/mol. The summed E-state index contributed by atoms with van der Waals surface area (Å²) >= 11 is 0. The third kappa shape index (κ3) is 5.31. The highest BCUT2D eigenvalue weighted by Gasteiger charge is 2.26. The van der Waals surface area contributed by atoms with E-state index in [9.17, 15) is 14.0 Å². The first-order valence-corrected chi connectivity index (χ1v) is 11.9. The van der Waals surface area contributed by atoms with Crippen LogP contribution < -0.4 is 15.4 Å². The Kier molecular flexibility index (Phi) is 6.99. The number of pyridine rings is 1. The lowest BCUT2D eigenvalue weighted by Crippen LogP contribution is -2.38. The van der Waals surface area contributed by atoms with Crippen LogP contribution in [0.5, 0.6) is 5.75 Å². The number of ketones is 1. The Labute approximate surface area is 218 Å². The Morgan fingerprint density at radius 1 is 1.00 bits per heavy atom. The van der Waals surface area contributed by atoms with Gasteiger partial charge in [-0.05, 0) is 53.6 Å². The molecule has 2 amide bonds. The van der Waals surface area contributed by atoms with Gasteiger partial charge >= 0.3 is 6.03 Å². The van der Waals surface area contributed by atoms with Crippen LogP contribution >= 0.6 is 0 Å². The van der Waals surface area contributed by atoms with Gasteiger partial charge in [-0.1, -0.05) is 30.3 Å². The van der Waals surface area contributed by atoms with Gasteiger partial charge in [0.2, 0.25) is 0 Å². The molecule has 1 aromatic heterocycles. The zero-order valence-electron chi connectivity index (χ0n) is 20.5. The second-order valence-electron chi connectivity index (χ2n) is 8.84. The van der Waals surface area contributed by atoms with Crippen LogP contribution in [0.25, 0.3) is 0 Å². The maximum atomic E-state index is 15.0. The number of nitrogens with one attached hydrogen (secondary N) is 2. The van der Waals surface area contributed by atoms with Crippen molar-refractivity contribution in [3.8, 4) is 5.75 Å². The standard InChI is InChI=1S/C29H24F2N4O3/c1-38-20-9-6-18(7-10-20)16-35-17-22-25(12-13-32-28(22)34-29(35)37)33-26-11-8-19(14-24(26)31)15-27(36)21-4-2-3-5-23(21)30/h2-14H,15-17H2,1H3,(H2,32,33,34,37). The first-order chi connectivity index (χ1) is 18.4. The number of ether oxygens (including phenoxy) is 1. The number of halogens is 2. The Balaban J connectivity index is 1.32. The zero-order chi connectivity index (χ0) is 26.6. The van der Waals surface area contributed by atoms with Crippen molar-refractivity contribution in [3.63, 3.8) is 0 Å². The number of methoxy groups -OCH3 is 1.